The molecule has 0 saturated carbocycles. The van der Waals surface area contributed by atoms with Crippen LogP contribution in [0.25, 0.3) is 12.2 Å². The summed E-state index contributed by atoms with van der Waals surface area (Å²) in [7, 11) is 3.20. The predicted octanol–water partition coefficient (Wildman–Crippen LogP) is 3.65. The number of fused-ring (bicyclic) bond motifs is 1. The number of esters is 1. The first-order valence-corrected chi connectivity index (χ1v) is 12.0. The largest absolute Gasteiger partial charge is 0.497 e. The smallest absolute Gasteiger partial charge is 0.338 e. The third-order valence-corrected chi connectivity index (χ3v) is 6.67. The Bertz CT molecular complexity index is 1530. The van der Waals surface area contributed by atoms with Crippen LogP contribution >= 0.6 is 11.3 Å². The van der Waals surface area contributed by atoms with Crippen molar-refractivity contribution in [3.63, 3.8) is 0 Å². The molecule has 0 N–H and O–H groups in total. The van der Waals surface area contributed by atoms with Gasteiger partial charge in [0.2, 0.25) is 0 Å². The molecule has 1 unspecified atom stereocenters. The van der Waals surface area contributed by atoms with Crippen LogP contribution in [0.5, 0.6) is 11.5 Å². The summed E-state index contributed by atoms with van der Waals surface area (Å²) in [6.45, 7) is 5.41. The molecule has 0 aliphatic carbocycles. The van der Waals surface area contributed by atoms with Crippen LogP contribution in [0.2, 0.25) is 0 Å². The van der Waals surface area contributed by atoms with E-state index in [2.05, 4.69) is 11.6 Å². The number of thiazole rings is 1. The normalized spacial score (nSPS) is 15.4. The van der Waals surface area contributed by atoms with Crippen LogP contribution in [-0.4, -0.2) is 31.4 Å². The Balaban J connectivity index is 1.83. The monoisotopic (exact) mass is 502 g/mol. The summed E-state index contributed by atoms with van der Waals surface area (Å²) in [5.41, 5.74) is 2.20. The van der Waals surface area contributed by atoms with Gasteiger partial charge >= 0.3 is 5.97 Å². The summed E-state index contributed by atoms with van der Waals surface area (Å²) < 4.78 is 18.1. The maximum atomic E-state index is 13.6. The van der Waals surface area contributed by atoms with Gasteiger partial charge in [0.15, 0.2) is 4.80 Å². The minimum absolute atomic E-state index is 0.0586. The maximum absolute atomic E-state index is 13.6. The summed E-state index contributed by atoms with van der Waals surface area (Å²) in [6, 6.07) is 14.2. The summed E-state index contributed by atoms with van der Waals surface area (Å²) in [4.78, 5) is 31.7. The molecule has 1 aromatic heterocycles. The summed E-state index contributed by atoms with van der Waals surface area (Å²) in [5, 5.41) is 0. The topological polar surface area (TPSA) is 79.1 Å². The molecule has 1 atom stereocenters. The number of benzene rings is 2. The second-order valence-electron chi connectivity index (χ2n) is 7.87. The molecule has 0 radical (unpaired) electrons. The second-order valence-corrected chi connectivity index (χ2v) is 8.87. The van der Waals surface area contributed by atoms with Gasteiger partial charge in [-0.1, -0.05) is 66.5 Å². The fraction of sp³-hybridized carbons (Fsp3) is 0.179. The maximum Gasteiger partial charge on any atom is 0.338 e. The van der Waals surface area contributed by atoms with E-state index in [0.717, 1.165) is 16.9 Å². The van der Waals surface area contributed by atoms with Crippen molar-refractivity contribution in [1.82, 2.24) is 4.57 Å². The van der Waals surface area contributed by atoms with Crippen molar-refractivity contribution in [1.29, 1.82) is 0 Å². The molecule has 3 aromatic rings. The van der Waals surface area contributed by atoms with Crippen molar-refractivity contribution >= 4 is 29.5 Å². The lowest BCUT2D eigenvalue weighted by atomic mass is 9.96. The number of nitrogens with zero attached hydrogens (tertiary/aromatic N) is 2. The molecule has 0 saturated heterocycles. The van der Waals surface area contributed by atoms with Crippen molar-refractivity contribution in [3.05, 3.63) is 109 Å². The lowest BCUT2D eigenvalue weighted by molar-refractivity contribution is -0.138. The second kappa shape index (κ2) is 11.0. The van der Waals surface area contributed by atoms with Gasteiger partial charge in [-0.05, 0) is 36.8 Å². The van der Waals surface area contributed by atoms with Gasteiger partial charge in [-0.15, -0.1) is 0 Å². The van der Waals surface area contributed by atoms with E-state index < -0.39 is 12.0 Å². The molecule has 1 aliphatic heterocycles. The van der Waals surface area contributed by atoms with E-state index >= 15 is 0 Å². The SMILES string of the molecule is C=CCOC(=O)C1=C(C)N=c2sc(=CC=Cc3ccccc3OC)c(=O)n2C1c1ccc(OC)cc1. The Labute approximate surface area is 212 Å². The molecular formula is C28H26N2O5S. The minimum Gasteiger partial charge on any atom is -0.497 e. The molecule has 0 fully saturated rings. The Morgan fingerprint density at radius 1 is 1.14 bits per heavy atom. The lowest BCUT2D eigenvalue weighted by Gasteiger charge is -2.24. The van der Waals surface area contributed by atoms with Gasteiger partial charge in [0.25, 0.3) is 5.56 Å². The fourth-order valence-electron chi connectivity index (χ4n) is 3.95. The molecule has 4 rings (SSSR count). The number of para-hydroxylation sites is 1. The van der Waals surface area contributed by atoms with Crippen LogP contribution in [0, 0.1) is 0 Å². The fourth-order valence-corrected chi connectivity index (χ4v) is 4.95. The van der Waals surface area contributed by atoms with Crippen molar-refractivity contribution in [2.24, 2.45) is 4.99 Å². The van der Waals surface area contributed by atoms with Gasteiger partial charge < -0.3 is 14.2 Å². The molecule has 2 aromatic carbocycles. The first-order chi connectivity index (χ1) is 17.5. The average molecular weight is 503 g/mol. The first-order valence-electron chi connectivity index (χ1n) is 11.2. The summed E-state index contributed by atoms with van der Waals surface area (Å²) in [6.07, 6.45) is 6.93. The zero-order chi connectivity index (χ0) is 25.7. The van der Waals surface area contributed by atoms with Crippen molar-refractivity contribution in [2.45, 2.75) is 13.0 Å². The highest BCUT2D eigenvalue weighted by atomic mass is 32.1. The molecule has 184 valence electrons. The van der Waals surface area contributed by atoms with Gasteiger partial charge in [0.05, 0.1) is 36.1 Å². The third-order valence-electron chi connectivity index (χ3n) is 5.67. The van der Waals surface area contributed by atoms with Crippen molar-refractivity contribution in [3.8, 4) is 11.5 Å². The highest BCUT2D eigenvalue weighted by molar-refractivity contribution is 7.07. The van der Waals surface area contributed by atoms with Gasteiger partial charge in [0, 0.05) is 5.56 Å². The molecule has 1 aliphatic rings. The van der Waals surface area contributed by atoms with Crippen molar-refractivity contribution < 1.29 is 19.0 Å². The Kier molecular flexibility index (Phi) is 7.65. The number of methoxy groups -OCH3 is 2. The van der Waals surface area contributed by atoms with Crippen LogP contribution in [0.3, 0.4) is 0 Å². The molecule has 8 heteroatoms. The van der Waals surface area contributed by atoms with Crippen molar-refractivity contribution in [2.75, 3.05) is 20.8 Å². The molecule has 36 heavy (non-hydrogen) atoms. The number of carbonyl (C=O) groups is 1. The average Bonchev–Trinajstić information content (AvgIpc) is 3.21. The number of rotatable bonds is 8. The molecule has 0 bridgehead atoms. The number of carbonyl (C=O) groups excluding carboxylic acids is 1. The Morgan fingerprint density at radius 2 is 1.89 bits per heavy atom. The van der Waals surface area contributed by atoms with E-state index in [1.807, 2.05) is 42.5 Å². The number of aromatic nitrogens is 1. The molecule has 0 spiro atoms. The zero-order valence-electron chi connectivity index (χ0n) is 20.3. The summed E-state index contributed by atoms with van der Waals surface area (Å²) in [5.74, 6) is 0.868. The van der Waals surface area contributed by atoms with Gasteiger partial charge in [0.1, 0.15) is 18.1 Å². The van der Waals surface area contributed by atoms with E-state index in [0.29, 0.717) is 26.4 Å². The standard InChI is InChI=1S/C28H26N2O5S/c1-5-17-35-27(32)24-18(2)29-28-30(25(24)20-13-15-21(33-3)16-14-20)26(31)23(36-28)12-8-10-19-9-6-7-11-22(19)34-4/h5-16,25H,1,17H2,2-4H3. The number of hydrogen-bond donors (Lipinski definition) is 0. The van der Waals surface area contributed by atoms with Crippen LogP contribution in [-0.2, 0) is 9.53 Å². The molecular weight excluding hydrogens is 476 g/mol. The number of allylic oxidation sites excluding steroid dienone is 2. The Morgan fingerprint density at radius 3 is 2.58 bits per heavy atom. The van der Waals surface area contributed by atoms with Gasteiger partial charge in [-0.2, -0.15) is 0 Å². The molecule has 2 heterocycles. The number of hydrogen-bond acceptors (Lipinski definition) is 7. The van der Waals surface area contributed by atoms with Crippen LogP contribution in [0.1, 0.15) is 24.1 Å². The number of ether oxygens (including phenoxy) is 3. The van der Waals surface area contributed by atoms with Gasteiger partial charge in [-0.25, -0.2) is 9.79 Å². The van der Waals surface area contributed by atoms with E-state index in [-0.39, 0.29) is 12.2 Å². The molecule has 0 amide bonds. The van der Waals surface area contributed by atoms with E-state index in [1.54, 1.807) is 50.0 Å². The van der Waals surface area contributed by atoms with E-state index in [9.17, 15) is 9.59 Å². The minimum atomic E-state index is -0.690. The van der Waals surface area contributed by atoms with E-state index in [4.69, 9.17) is 14.2 Å². The van der Waals surface area contributed by atoms with Crippen LogP contribution in [0.15, 0.2) is 88.3 Å². The Hall–Kier alpha value is -4.17. The quantitative estimate of drug-likeness (QED) is 0.347. The highest BCUT2D eigenvalue weighted by Crippen LogP contribution is 2.31. The van der Waals surface area contributed by atoms with E-state index in [1.165, 1.54) is 17.4 Å². The van der Waals surface area contributed by atoms with Crippen LogP contribution in [0.4, 0.5) is 0 Å². The first kappa shape index (κ1) is 24.9. The highest BCUT2D eigenvalue weighted by Gasteiger charge is 2.33. The lowest BCUT2D eigenvalue weighted by Crippen LogP contribution is -2.39. The van der Waals surface area contributed by atoms with Crippen LogP contribution < -0.4 is 24.4 Å². The third kappa shape index (κ3) is 4.94. The van der Waals surface area contributed by atoms with Gasteiger partial charge in [-0.3, -0.25) is 9.36 Å². The zero-order valence-corrected chi connectivity index (χ0v) is 21.1. The summed E-state index contributed by atoms with van der Waals surface area (Å²) >= 11 is 1.27. The predicted molar refractivity (Wildman–Crippen MR) is 141 cm³/mol. The molecule has 7 nitrogen and oxygen atoms in total.